The third-order valence-corrected chi connectivity index (χ3v) is 5.71. The summed E-state index contributed by atoms with van der Waals surface area (Å²) in [5.74, 6) is 0.0835. The predicted molar refractivity (Wildman–Crippen MR) is 119 cm³/mol. The normalized spacial score (nSPS) is 11.0. The van der Waals surface area contributed by atoms with Crippen LogP contribution in [0.15, 0.2) is 35.5 Å². The van der Waals surface area contributed by atoms with Crippen molar-refractivity contribution in [1.82, 2.24) is 24.8 Å². The molecule has 10 heteroatoms. The molecule has 3 aromatic rings. The highest BCUT2D eigenvalue weighted by Crippen LogP contribution is 2.23. The molecule has 2 heterocycles. The quantitative estimate of drug-likeness (QED) is 0.292. The first-order valence-electron chi connectivity index (χ1n) is 9.88. The zero-order valence-corrected chi connectivity index (χ0v) is 18.9. The number of hydrogen-bond donors (Lipinski definition) is 1. The zero-order valence-electron chi connectivity index (χ0n) is 18.1. The molecule has 0 bridgehead atoms. The number of hydrogen-bond acceptors (Lipinski definition) is 7. The molecule has 0 saturated carbocycles. The predicted octanol–water partition coefficient (Wildman–Crippen LogP) is 3.05. The number of aryl methyl sites for hydroxylation is 1. The van der Waals surface area contributed by atoms with Crippen LogP contribution in [-0.4, -0.2) is 55.9 Å². The largest absolute Gasteiger partial charge is 0.385 e. The molecule has 0 radical (unpaired) electrons. The summed E-state index contributed by atoms with van der Waals surface area (Å²) in [6.45, 7) is 6.92. The second-order valence-electron chi connectivity index (χ2n) is 7.10. The number of nitrogens with one attached hydrogen (secondary N) is 1. The number of rotatable bonds is 10. The molecule has 3 rings (SSSR count). The lowest BCUT2D eigenvalue weighted by atomic mass is 10.2. The van der Waals surface area contributed by atoms with Gasteiger partial charge in [-0.2, -0.15) is 4.68 Å². The minimum absolute atomic E-state index is 0.0256. The summed E-state index contributed by atoms with van der Waals surface area (Å²) in [4.78, 5) is 24.2. The Hall–Kier alpha value is -2.98. The number of aromatic nitrogens is 5. The van der Waals surface area contributed by atoms with Gasteiger partial charge < -0.3 is 14.6 Å². The van der Waals surface area contributed by atoms with Crippen LogP contribution in [0.25, 0.3) is 5.69 Å². The number of thioether (sulfide) groups is 1. The number of nitrogens with zero attached hydrogens (tertiary/aromatic N) is 5. The van der Waals surface area contributed by atoms with Crippen LogP contribution in [-0.2, 0) is 16.1 Å². The lowest BCUT2D eigenvalue weighted by Gasteiger charge is -2.09. The molecule has 0 aliphatic carbocycles. The van der Waals surface area contributed by atoms with E-state index in [9.17, 15) is 9.59 Å². The molecule has 164 valence electrons. The lowest BCUT2D eigenvalue weighted by molar-refractivity contribution is -0.114. The second kappa shape index (κ2) is 10.4. The Bertz CT molecular complexity index is 1080. The Kier molecular flexibility index (Phi) is 7.59. The molecule has 31 heavy (non-hydrogen) atoms. The Labute approximate surface area is 185 Å². The average molecular weight is 443 g/mol. The Morgan fingerprint density at radius 1 is 1.23 bits per heavy atom. The van der Waals surface area contributed by atoms with Crippen LogP contribution in [0.2, 0.25) is 0 Å². The van der Waals surface area contributed by atoms with Crippen molar-refractivity contribution in [2.24, 2.45) is 0 Å². The molecule has 0 fully saturated rings. The molecule has 0 saturated heterocycles. The van der Waals surface area contributed by atoms with E-state index in [1.54, 1.807) is 30.0 Å². The van der Waals surface area contributed by atoms with Gasteiger partial charge in [0, 0.05) is 49.8 Å². The van der Waals surface area contributed by atoms with Crippen molar-refractivity contribution in [3.63, 3.8) is 0 Å². The van der Waals surface area contributed by atoms with Crippen LogP contribution in [0, 0.1) is 13.8 Å². The Morgan fingerprint density at radius 2 is 2.03 bits per heavy atom. The molecule has 0 spiro atoms. The smallest absolute Gasteiger partial charge is 0.221 e. The van der Waals surface area contributed by atoms with Crippen molar-refractivity contribution >= 4 is 29.1 Å². The summed E-state index contributed by atoms with van der Waals surface area (Å²) in [5, 5.41) is 15.1. The van der Waals surface area contributed by atoms with Crippen LogP contribution < -0.4 is 5.32 Å². The summed E-state index contributed by atoms with van der Waals surface area (Å²) in [6.07, 6.45) is 0.890. The standard InChI is InChI=1S/C21H26N6O3S/c1-14-11-19(15(2)26(14)9-6-10-30-4)20(29)13-31-21-23-24-25-27(21)18-8-5-7-17(12-18)22-16(3)28/h5,7-8,11-12H,6,9-10,13H2,1-4H3,(H,22,28). The van der Waals surface area contributed by atoms with Gasteiger partial charge in [0.15, 0.2) is 5.78 Å². The van der Waals surface area contributed by atoms with Crippen molar-refractivity contribution in [2.75, 3.05) is 24.8 Å². The first-order valence-corrected chi connectivity index (χ1v) is 10.9. The topological polar surface area (TPSA) is 104 Å². The molecule has 2 aromatic heterocycles. The minimum atomic E-state index is -0.158. The van der Waals surface area contributed by atoms with E-state index in [1.165, 1.54) is 18.7 Å². The molecule has 0 aliphatic heterocycles. The third kappa shape index (κ3) is 5.59. The molecule has 1 aromatic carbocycles. The van der Waals surface area contributed by atoms with Crippen molar-refractivity contribution in [1.29, 1.82) is 0 Å². The number of methoxy groups -OCH3 is 1. The van der Waals surface area contributed by atoms with Gasteiger partial charge in [-0.15, -0.1) is 5.10 Å². The van der Waals surface area contributed by atoms with Crippen LogP contribution >= 0.6 is 11.8 Å². The van der Waals surface area contributed by atoms with Crippen molar-refractivity contribution in [2.45, 2.75) is 38.9 Å². The van der Waals surface area contributed by atoms with E-state index in [0.29, 0.717) is 28.7 Å². The molecular weight excluding hydrogens is 416 g/mol. The lowest BCUT2D eigenvalue weighted by Crippen LogP contribution is -2.09. The van der Waals surface area contributed by atoms with Gasteiger partial charge in [-0.25, -0.2) is 0 Å². The van der Waals surface area contributed by atoms with Crippen LogP contribution in [0.4, 0.5) is 5.69 Å². The maximum atomic E-state index is 12.9. The van der Waals surface area contributed by atoms with Crippen molar-refractivity contribution in [3.8, 4) is 5.69 Å². The first-order chi connectivity index (χ1) is 14.9. The number of ether oxygens (including phenoxy) is 1. The van der Waals surface area contributed by atoms with Crippen LogP contribution in [0.1, 0.15) is 35.1 Å². The third-order valence-electron chi connectivity index (χ3n) is 4.79. The van der Waals surface area contributed by atoms with E-state index in [4.69, 9.17) is 4.74 Å². The number of carbonyl (C=O) groups excluding carboxylic acids is 2. The number of anilines is 1. The van der Waals surface area contributed by atoms with Crippen LogP contribution in [0.3, 0.4) is 0 Å². The second-order valence-corrected chi connectivity index (χ2v) is 8.04. The van der Waals surface area contributed by atoms with E-state index in [2.05, 4.69) is 25.4 Å². The number of amides is 1. The van der Waals surface area contributed by atoms with E-state index >= 15 is 0 Å². The number of Topliss-reactive ketones (excluding diaryl/α,β-unsaturated/α-hetero) is 1. The Morgan fingerprint density at radius 3 is 2.77 bits per heavy atom. The van der Waals surface area contributed by atoms with Gasteiger partial charge in [0.05, 0.1) is 11.4 Å². The number of carbonyl (C=O) groups is 2. The molecule has 0 atom stereocenters. The summed E-state index contributed by atoms with van der Waals surface area (Å²) in [5.41, 5.74) is 4.08. The number of ketones is 1. The van der Waals surface area contributed by atoms with Gasteiger partial charge in [-0.3, -0.25) is 9.59 Å². The molecule has 0 aliphatic rings. The maximum absolute atomic E-state index is 12.9. The van der Waals surface area contributed by atoms with Gasteiger partial charge in [-0.05, 0) is 55.0 Å². The fraction of sp³-hybridized carbons (Fsp3) is 0.381. The summed E-state index contributed by atoms with van der Waals surface area (Å²) < 4.78 is 8.83. The molecule has 1 amide bonds. The van der Waals surface area contributed by atoms with Gasteiger partial charge in [0.25, 0.3) is 0 Å². The summed E-state index contributed by atoms with van der Waals surface area (Å²) in [7, 11) is 1.69. The fourth-order valence-corrected chi connectivity index (χ4v) is 4.13. The molecular formula is C21H26N6O3S. The average Bonchev–Trinajstić information content (AvgIpc) is 3.31. The molecule has 0 unspecified atom stereocenters. The monoisotopic (exact) mass is 442 g/mol. The van der Waals surface area contributed by atoms with E-state index in [1.807, 2.05) is 26.0 Å². The SMILES string of the molecule is COCCCn1c(C)cc(C(=O)CSc2nnnn2-c2cccc(NC(C)=O)c2)c1C. The van der Waals surface area contributed by atoms with Crippen molar-refractivity contribution < 1.29 is 14.3 Å². The van der Waals surface area contributed by atoms with E-state index < -0.39 is 0 Å². The first kappa shape index (κ1) is 22.7. The number of benzene rings is 1. The summed E-state index contributed by atoms with van der Waals surface area (Å²) in [6, 6.07) is 9.14. The Balaban J connectivity index is 1.71. The van der Waals surface area contributed by atoms with Gasteiger partial charge in [0.2, 0.25) is 11.1 Å². The van der Waals surface area contributed by atoms with E-state index in [-0.39, 0.29) is 17.4 Å². The van der Waals surface area contributed by atoms with Gasteiger partial charge in [-0.1, -0.05) is 17.8 Å². The van der Waals surface area contributed by atoms with Crippen molar-refractivity contribution in [3.05, 3.63) is 47.3 Å². The number of tetrazole rings is 1. The van der Waals surface area contributed by atoms with Gasteiger partial charge in [0.1, 0.15) is 0 Å². The fourth-order valence-electron chi connectivity index (χ4n) is 3.35. The summed E-state index contributed by atoms with van der Waals surface area (Å²) >= 11 is 1.28. The zero-order chi connectivity index (χ0) is 22.4. The van der Waals surface area contributed by atoms with Crippen LogP contribution in [0.5, 0.6) is 0 Å². The van der Waals surface area contributed by atoms with Gasteiger partial charge >= 0.3 is 0 Å². The molecule has 9 nitrogen and oxygen atoms in total. The van der Waals surface area contributed by atoms with E-state index in [0.717, 1.165) is 24.4 Å². The highest BCUT2D eigenvalue weighted by atomic mass is 32.2. The highest BCUT2D eigenvalue weighted by Gasteiger charge is 2.18. The maximum Gasteiger partial charge on any atom is 0.221 e. The molecule has 1 N–H and O–H groups in total. The minimum Gasteiger partial charge on any atom is -0.385 e. The highest BCUT2D eigenvalue weighted by molar-refractivity contribution is 7.99.